The second kappa shape index (κ2) is 11.9. The Morgan fingerprint density at radius 3 is 2.90 bits per heavy atom. The molecule has 5 rings (SSSR count). The number of nitrogens with two attached hydrogens (primary N) is 1. The van der Waals surface area contributed by atoms with Crippen molar-refractivity contribution >= 4 is 86.9 Å². The van der Waals surface area contributed by atoms with Crippen LogP contribution in [0.3, 0.4) is 0 Å². The Labute approximate surface area is 244 Å². The van der Waals surface area contributed by atoms with Gasteiger partial charge in [-0.25, -0.2) is 9.78 Å². The van der Waals surface area contributed by atoms with Crippen molar-refractivity contribution in [3.05, 3.63) is 44.7 Å². The van der Waals surface area contributed by atoms with E-state index in [1.54, 1.807) is 12.4 Å². The van der Waals surface area contributed by atoms with E-state index in [0.717, 1.165) is 47.1 Å². The van der Waals surface area contributed by atoms with Crippen LogP contribution < -0.4 is 16.4 Å². The molecule has 12 nitrogen and oxygen atoms in total. The van der Waals surface area contributed by atoms with E-state index in [9.17, 15) is 24.7 Å². The van der Waals surface area contributed by atoms with Gasteiger partial charge >= 0.3 is 5.97 Å². The number of nitrogens with one attached hydrogen (secondary N) is 2. The Hall–Kier alpha value is -2.50. The fraction of sp³-hybridized carbons (Fsp3) is 0.364. The van der Waals surface area contributed by atoms with Crippen molar-refractivity contribution in [2.45, 2.75) is 33.7 Å². The van der Waals surface area contributed by atoms with E-state index < -0.39 is 34.9 Å². The lowest BCUT2D eigenvalue weighted by Gasteiger charge is -2.49. The van der Waals surface area contributed by atoms with Crippen LogP contribution in [0.4, 0.5) is 5.13 Å². The number of carbonyl (C=O) groups excluding carboxylic acids is 2. The highest BCUT2D eigenvalue weighted by atomic mass is 35.5. The Kier molecular flexibility index (Phi) is 8.58. The molecule has 5 heterocycles. The van der Waals surface area contributed by atoms with Gasteiger partial charge in [-0.05, 0) is 24.6 Å². The predicted molar refractivity (Wildman–Crippen MR) is 152 cm³/mol. The number of carboxylic acids is 1. The minimum atomic E-state index is -1.23. The van der Waals surface area contributed by atoms with Crippen LogP contribution in [0.1, 0.15) is 17.7 Å². The largest absolute Gasteiger partial charge is 0.477 e. The number of nitrogen functional groups attached to an aromatic ring is 1. The number of thiazole rings is 1. The van der Waals surface area contributed by atoms with Crippen LogP contribution in [0, 0.1) is 0 Å². The summed E-state index contributed by atoms with van der Waals surface area (Å²) >= 11 is 11.4. The van der Waals surface area contributed by atoms with Gasteiger partial charge in [0.25, 0.3) is 11.8 Å². The maximum atomic E-state index is 13.1. The molecule has 0 saturated carbocycles. The highest BCUT2D eigenvalue weighted by Crippen LogP contribution is 2.46. The minimum absolute atomic E-state index is 0.0515. The average molecular weight is 628 g/mol. The SMILES string of the molecule is Nc1nc(/C(=N/O)C(=O)N[C@@H]2C(=O)N3C(C(=O)O)=C(Sc4ccncc4CSC4CCNC4)CS[C@@H]23)c(Cl)s1. The van der Waals surface area contributed by atoms with E-state index in [4.69, 9.17) is 17.3 Å². The molecule has 3 aliphatic rings. The first-order valence-electron chi connectivity index (χ1n) is 11.6. The zero-order chi connectivity index (χ0) is 27.7. The summed E-state index contributed by atoms with van der Waals surface area (Å²) in [6, 6.07) is 0.826. The van der Waals surface area contributed by atoms with Crippen LogP contribution in [0.25, 0.3) is 0 Å². The van der Waals surface area contributed by atoms with Crippen LogP contribution >= 0.6 is 58.2 Å². The number of oxime groups is 1. The highest BCUT2D eigenvalue weighted by molar-refractivity contribution is 8.06. The van der Waals surface area contributed by atoms with Gasteiger partial charge in [-0.3, -0.25) is 19.5 Å². The van der Waals surface area contributed by atoms with Crippen LogP contribution in [-0.4, -0.2) is 84.2 Å². The molecular weight excluding hydrogens is 606 g/mol. The van der Waals surface area contributed by atoms with Gasteiger partial charge < -0.3 is 26.7 Å². The number of aliphatic carboxylic acids is 1. The van der Waals surface area contributed by atoms with Gasteiger partial charge in [0.2, 0.25) is 0 Å². The van der Waals surface area contributed by atoms with E-state index in [1.165, 1.54) is 28.4 Å². The lowest BCUT2D eigenvalue weighted by Crippen LogP contribution is -2.71. The van der Waals surface area contributed by atoms with Gasteiger partial charge in [0.15, 0.2) is 10.8 Å². The molecule has 0 radical (unpaired) electrons. The second-order valence-electron chi connectivity index (χ2n) is 8.57. The third-order valence-corrected chi connectivity index (χ3v) is 11.2. The highest BCUT2D eigenvalue weighted by Gasteiger charge is 2.54. The molecule has 0 bridgehead atoms. The number of aromatic nitrogens is 2. The van der Waals surface area contributed by atoms with Crippen molar-refractivity contribution in [3.63, 3.8) is 0 Å². The number of amides is 2. The third-order valence-electron chi connectivity index (χ3n) is 6.15. The molecular formula is C22H22ClN7O5S4. The minimum Gasteiger partial charge on any atom is -0.477 e. The monoisotopic (exact) mass is 627 g/mol. The summed E-state index contributed by atoms with van der Waals surface area (Å²) in [6.45, 7) is 1.97. The lowest BCUT2D eigenvalue weighted by atomic mass is 10.0. The van der Waals surface area contributed by atoms with Gasteiger partial charge in [-0.15, -0.1) is 11.8 Å². The topological polar surface area (TPSA) is 183 Å². The van der Waals surface area contributed by atoms with E-state index in [0.29, 0.717) is 15.9 Å². The van der Waals surface area contributed by atoms with E-state index in [2.05, 4.69) is 25.8 Å². The number of halogens is 1. The van der Waals surface area contributed by atoms with Crippen LogP contribution in [0.5, 0.6) is 0 Å². The van der Waals surface area contributed by atoms with Gasteiger partial charge in [-0.1, -0.05) is 39.9 Å². The number of β-lactam (4-membered cyclic amide) rings is 1. The first-order chi connectivity index (χ1) is 18.8. The summed E-state index contributed by atoms with van der Waals surface area (Å²) in [5.41, 5.74) is 5.89. The Bertz CT molecular complexity index is 1380. The molecule has 2 fully saturated rings. The molecule has 206 valence electrons. The fourth-order valence-corrected chi connectivity index (χ4v) is 9.03. The van der Waals surface area contributed by atoms with Crippen molar-refractivity contribution in [3.8, 4) is 0 Å². The molecule has 39 heavy (non-hydrogen) atoms. The van der Waals surface area contributed by atoms with Gasteiger partial charge in [0.1, 0.15) is 27.1 Å². The molecule has 2 amide bonds. The van der Waals surface area contributed by atoms with Gasteiger partial charge in [0, 0.05) is 45.5 Å². The molecule has 2 saturated heterocycles. The first kappa shape index (κ1) is 28.0. The summed E-state index contributed by atoms with van der Waals surface area (Å²) in [6.07, 6.45) is 4.56. The second-order valence-corrected chi connectivity index (χ2v) is 13.7. The molecule has 17 heteroatoms. The van der Waals surface area contributed by atoms with Crippen molar-refractivity contribution in [2.24, 2.45) is 5.16 Å². The molecule has 0 aromatic carbocycles. The standard InChI is InChI=1S/C22H22ClN7O5S4/c23-17-13(28-22(24)39-17)14(29-35)18(31)27-15-19(32)30-16(21(33)34)12(8-37-20(15)30)38-11-2-4-25-5-9(11)7-36-10-1-3-26-6-10/h2,4-5,10,15,20,26,35H,1,3,6-8H2,(H2,24,28)(H,27,31)(H,33,34)/b29-14-/t10?,15-,20+/m1/s1. The molecule has 3 aliphatic heterocycles. The zero-order valence-electron chi connectivity index (χ0n) is 20.0. The van der Waals surface area contributed by atoms with E-state index >= 15 is 0 Å². The third kappa shape index (κ3) is 5.71. The number of anilines is 1. The Morgan fingerprint density at radius 2 is 2.23 bits per heavy atom. The van der Waals surface area contributed by atoms with E-state index in [1.807, 2.05) is 17.8 Å². The maximum absolute atomic E-state index is 13.1. The van der Waals surface area contributed by atoms with Crippen molar-refractivity contribution < 1.29 is 24.7 Å². The smallest absolute Gasteiger partial charge is 0.353 e. The van der Waals surface area contributed by atoms with Gasteiger partial charge in [-0.2, -0.15) is 11.8 Å². The number of thioether (sulfide) groups is 3. The van der Waals surface area contributed by atoms with Gasteiger partial charge in [0.05, 0.1) is 0 Å². The molecule has 1 unspecified atom stereocenters. The fourth-order valence-electron chi connectivity index (χ4n) is 4.28. The number of pyridine rings is 1. The van der Waals surface area contributed by atoms with Crippen molar-refractivity contribution in [1.29, 1.82) is 0 Å². The predicted octanol–water partition coefficient (Wildman–Crippen LogP) is 2.04. The number of carbonyl (C=O) groups is 3. The summed E-state index contributed by atoms with van der Waals surface area (Å²) in [7, 11) is 0. The van der Waals surface area contributed by atoms with Crippen LogP contribution in [0.15, 0.2) is 39.1 Å². The molecule has 2 aromatic rings. The molecule has 2 aromatic heterocycles. The van der Waals surface area contributed by atoms with Crippen molar-refractivity contribution in [1.82, 2.24) is 25.5 Å². The summed E-state index contributed by atoms with van der Waals surface area (Å²) in [5.74, 6) is -1.64. The van der Waals surface area contributed by atoms with Crippen LogP contribution in [0.2, 0.25) is 4.34 Å². The quantitative estimate of drug-likeness (QED) is 0.118. The number of hydrogen-bond acceptors (Lipinski definition) is 13. The summed E-state index contributed by atoms with van der Waals surface area (Å²) in [5, 5.41) is 28.2. The van der Waals surface area contributed by atoms with Crippen LogP contribution in [-0.2, 0) is 20.1 Å². The molecule has 3 atom stereocenters. The number of rotatable bonds is 9. The first-order valence-corrected chi connectivity index (χ1v) is 15.7. The van der Waals surface area contributed by atoms with Crippen molar-refractivity contribution in [2.75, 3.05) is 24.6 Å². The number of nitrogens with zero attached hydrogens (tertiary/aromatic N) is 4. The number of hydrogen-bond donors (Lipinski definition) is 5. The Balaban J connectivity index is 1.31. The van der Waals surface area contributed by atoms with E-state index in [-0.39, 0.29) is 20.9 Å². The normalized spacial score (nSPS) is 23.0. The molecule has 0 spiro atoms. The zero-order valence-corrected chi connectivity index (χ0v) is 24.0. The summed E-state index contributed by atoms with van der Waals surface area (Å²) in [4.78, 5) is 49.0. The maximum Gasteiger partial charge on any atom is 0.353 e. The molecule has 0 aliphatic carbocycles. The molecule has 6 N–H and O–H groups in total. The number of fused-ring (bicyclic) bond motifs is 1. The summed E-state index contributed by atoms with van der Waals surface area (Å²) < 4.78 is 0.0515. The number of carboxylic acid groups (broad SMARTS) is 1. The Morgan fingerprint density at radius 1 is 1.41 bits per heavy atom. The average Bonchev–Trinajstić information content (AvgIpc) is 3.55. The lowest BCUT2D eigenvalue weighted by molar-refractivity contribution is -0.150.